The highest BCUT2D eigenvalue weighted by molar-refractivity contribution is 5.76. The molecule has 0 bridgehead atoms. The van der Waals surface area contributed by atoms with E-state index in [-0.39, 0.29) is 6.42 Å². The number of hydrogen-bond acceptors (Lipinski definition) is 5. The fourth-order valence-corrected chi connectivity index (χ4v) is 1.17. The Balaban J connectivity index is 3.90. The number of carbonyl (C=O) groups excluding carboxylic acids is 2. The Morgan fingerprint density at radius 2 is 1.65 bits per heavy atom. The normalized spacial score (nSPS) is 15.2. The van der Waals surface area contributed by atoms with Gasteiger partial charge in [-0.05, 0) is 40.0 Å². The summed E-state index contributed by atoms with van der Waals surface area (Å²) in [6, 6.07) is -3.44. The molecule has 0 heterocycles. The molecule has 0 aliphatic rings. The van der Waals surface area contributed by atoms with E-state index < -0.39 is 29.7 Å². The third kappa shape index (κ3) is 7.82. The van der Waals surface area contributed by atoms with E-state index >= 15 is 0 Å². The third-order valence-corrected chi connectivity index (χ3v) is 2.03. The highest BCUT2D eigenvalue weighted by Gasteiger charge is 2.22. The average Bonchev–Trinajstić information content (AvgIpc) is 2.14. The van der Waals surface area contributed by atoms with Crippen LogP contribution in [0.4, 0.5) is 4.39 Å². The van der Waals surface area contributed by atoms with E-state index in [9.17, 15) is 14.0 Å². The molecule has 0 radical (unpaired) electrons. The molecule has 0 aliphatic heterocycles. The Morgan fingerprint density at radius 1 is 1.18 bits per heavy atom. The van der Waals surface area contributed by atoms with Crippen LogP contribution in [0.15, 0.2) is 0 Å². The monoisotopic (exact) mass is 248 g/mol. The molecule has 0 aromatic heterocycles. The van der Waals surface area contributed by atoms with Crippen molar-refractivity contribution in [2.75, 3.05) is 0 Å². The summed E-state index contributed by atoms with van der Waals surface area (Å²) in [5.41, 5.74) is 10.2. The summed E-state index contributed by atoms with van der Waals surface area (Å²) in [4.78, 5) is 21.7. The van der Waals surface area contributed by atoms with Gasteiger partial charge in [-0.3, -0.25) is 9.59 Å². The second kappa shape index (κ2) is 6.66. The number of hydrogen-bond donors (Lipinski definition) is 2. The van der Waals surface area contributed by atoms with Gasteiger partial charge in [-0.1, -0.05) is 0 Å². The van der Waals surface area contributed by atoms with Crippen molar-refractivity contribution < 1.29 is 18.7 Å². The molecule has 4 N–H and O–H groups in total. The zero-order valence-electron chi connectivity index (χ0n) is 10.5. The molecule has 17 heavy (non-hydrogen) atoms. The van der Waals surface area contributed by atoms with E-state index in [0.717, 1.165) is 0 Å². The number of halogens is 1. The Labute approximate surface area is 101 Å². The summed E-state index contributed by atoms with van der Waals surface area (Å²) in [6.45, 7) is 5.24. The minimum Gasteiger partial charge on any atom is -0.459 e. The first-order chi connectivity index (χ1) is 7.63. The molecule has 0 rings (SSSR count). The fraction of sp³-hybridized carbons (Fsp3) is 0.818. The molecule has 0 fully saturated rings. The Kier molecular flexibility index (Phi) is 6.26. The van der Waals surface area contributed by atoms with Crippen LogP contribution in [0, 0.1) is 0 Å². The molecule has 5 nitrogen and oxygen atoms in total. The molecule has 0 saturated carbocycles. The largest absolute Gasteiger partial charge is 0.459 e. The van der Waals surface area contributed by atoms with Crippen LogP contribution in [0.1, 0.15) is 40.0 Å². The fourth-order valence-electron chi connectivity index (χ4n) is 1.17. The number of rotatable bonds is 6. The van der Waals surface area contributed by atoms with Crippen LogP contribution >= 0.6 is 0 Å². The second-order valence-electron chi connectivity index (χ2n) is 4.98. The van der Waals surface area contributed by atoms with Gasteiger partial charge in [0.05, 0.1) is 6.04 Å². The molecule has 0 aromatic rings. The Morgan fingerprint density at radius 3 is 2.06 bits per heavy atom. The summed E-state index contributed by atoms with van der Waals surface area (Å²) in [5, 5.41) is 0. The first-order valence-electron chi connectivity index (χ1n) is 5.57. The quantitative estimate of drug-likeness (QED) is 0.531. The molecular weight excluding hydrogens is 227 g/mol. The summed E-state index contributed by atoms with van der Waals surface area (Å²) in [7, 11) is 0. The first-order valence-corrected chi connectivity index (χ1v) is 5.57. The van der Waals surface area contributed by atoms with E-state index in [4.69, 9.17) is 16.2 Å². The first kappa shape index (κ1) is 16.0. The van der Waals surface area contributed by atoms with E-state index in [1.165, 1.54) is 0 Å². The van der Waals surface area contributed by atoms with Crippen molar-refractivity contribution in [2.24, 2.45) is 11.5 Å². The summed E-state index contributed by atoms with van der Waals surface area (Å²) < 4.78 is 17.2. The predicted molar refractivity (Wildman–Crippen MR) is 61.8 cm³/mol. The molecular formula is C11H21FN2O3. The van der Waals surface area contributed by atoms with Crippen LogP contribution in [0.25, 0.3) is 0 Å². The van der Waals surface area contributed by atoms with Gasteiger partial charge in [0.2, 0.25) is 0 Å². The van der Waals surface area contributed by atoms with E-state index in [2.05, 4.69) is 0 Å². The second-order valence-corrected chi connectivity index (χ2v) is 4.98. The van der Waals surface area contributed by atoms with Gasteiger partial charge < -0.3 is 16.2 Å². The lowest BCUT2D eigenvalue weighted by molar-refractivity contribution is -0.156. The Bertz CT molecular complexity index is 276. The maximum atomic E-state index is 12.1. The van der Waals surface area contributed by atoms with Gasteiger partial charge >= 0.3 is 12.0 Å². The van der Waals surface area contributed by atoms with Gasteiger partial charge in [0.1, 0.15) is 11.6 Å². The molecule has 0 amide bonds. The van der Waals surface area contributed by atoms with Gasteiger partial charge in [0.25, 0.3) is 0 Å². The highest BCUT2D eigenvalue weighted by atomic mass is 19.1. The highest BCUT2D eigenvalue weighted by Crippen LogP contribution is 2.10. The average molecular weight is 248 g/mol. The number of nitrogens with two attached hydrogens (primary N) is 2. The predicted octanol–water partition coefficient (Wildman–Crippen LogP) is 0.649. The molecule has 100 valence electrons. The maximum absolute atomic E-state index is 12.1. The number of carbonyl (C=O) groups is 2. The molecule has 0 spiro atoms. The lowest BCUT2D eigenvalue weighted by Crippen LogP contribution is -2.37. The molecule has 0 aliphatic carbocycles. The van der Waals surface area contributed by atoms with Crippen LogP contribution in [-0.4, -0.2) is 29.7 Å². The summed E-state index contributed by atoms with van der Waals surface area (Å²) >= 11 is 0. The number of esters is 1. The molecule has 0 aromatic carbocycles. The topological polar surface area (TPSA) is 95.4 Å². The zero-order chi connectivity index (χ0) is 13.6. The van der Waals surface area contributed by atoms with Crippen molar-refractivity contribution in [1.82, 2.24) is 0 Å². The van der Waals surface area contributed by atoms with Gasteiger partial charge in [-0.2, -0.15) is 4.39 Å². The molecule has 1 unspecified atom stereocenters. The molecule has 0 saturated heterocycles. The summed E-state index contributed by atoms with van der Waals surface area (Å²) in [5.74, 6) is -0.502. The SMILES string of the molecule is CC(C)(C)OC(=O)C(N)CCC[C@H](N)C(=O)F. The van der Waals surface area contributed by atoms with Crippen LogP contribution in [0.3, 0.4) is 0 Å². The van der Waals surface area contributed by atoms with Gasteiger partial charge in [-0.25, -0.2) is 0 Å². The smallest absolute Gasteiger partial charge is 0.323 e. The van der Waals surface area contributed by atoms with Crippen molar-refractivity contribution in [1.29, 1.82) is 0 Å². The van der Waals surface area contributed by atoms with Gasteiger partial charge in [0, 0.05) is 0 Å². The Hall–Kier alpha value is -1.01. The minimum absolute atomic E-state index is 0.172. The minimum atomic E-state index is -1.55. The van der Waals surface area contributed by atoms with Crippen LogP contribution < -0.4 is 11.5 Å². The molecule has 6 heteroatoms. The molecule has 2 atom stereocenters. The van der Waals surface area contributed by atoms with Crippen LogP contribution in [0.5, 0.6) is 0 Å². The van der Waals surface area contributed by atoms with Gasteiger partial charge in [0.15, 0.2) is 0 Å². The lowest BCUT2D eigenvalue weighted by Gasteiger charge is -2.22. The third-order valence-electron chi connectivity index (χ3n) is 2.03. The van der Waals surface area contributed by atoms with Crippen molar-refractivity contribution >= 4 is 12.0 Å². The zero-order valence-corrected chi connectivity index (χ0v) is 10.5. The van der Waals surface area contributed by atoms with E-state index in [0.29, 0.717) is 12.8 Å². The maximum Gasteiger partial charge on any atom is 0.323 e. The van der Waals surface area contributed by atoms with Crippen molar-refractivity contribution in [3.8, 4) is 0 Å². The van der Waals surface area contributed by atoms with Crippen LogP contribution in [0.2, 0.25) is 0 Å². The van der Waals surface area contributed by atoms with Crippen molar-refractivity contribution in [2.45, 2.75) is 57.7 Å². The van der Waals surface area contributed by atoms with Gasteiger partial charge in [-0.15, -0.1) is 0 Å². The van der Waals surface area contributed by atoms with Crippen LogP contribution in [-0.2, 0) is 14.3 Å². The standard InChI is InChI=1S/C11H21FN2O3/c1-11(2,3)17-10(16)8(14)6-4-5-7(13)9(12)15/h7-8H,4-6,13-14H2,1-3H3/t7-,8?/m0/s1. The van der Waals surface area contributed by atoms with E-state index in [1.54, 1.807) is 20.8 Å². The van der Waals surface area contributed by atoms with Crippen molar-refractivity contribution in [3.05, 3.63) is 0 Å². The van der Waals surface area contributed by atoms with Crippen molar-refractivity contribution in [3.63, 3.8) is 0 Å². The lowest BCUT2D eigenvalue weighted by atomic mass is 10.1. The van der Waals surface area contributed by atoms with E-state index in [1.807, 2.05) is 0 Å². The summed E-state index contributed by atoms with van der Waals surface area (Å²) in [6.07, 6.45) is 0.888. The number of ether oxygens (including phenoxy) is 1.